The normalized spacial score (nSPS) is 19.3. The van der Waals surface area contributed by atoms with Crippen molar-refractivity contribution in [1.82, 2.24) is 0 Å². The SMILES string of the molecule is O=C(O)c1ccc2c(c1)CCCCC=CCCC2C(=O)O. The molecule has 1 aliphatic carbocycles. The fourth-order valence-corrected chi connectivity index (χ4v) is 2.78. The van der Waals surface area contributed by atoms with Gasteiger partial charge in [-0.25, -0.2) is 4.79 Å². The van der Waals surface area contributed by atoms with E-state index < -0.39 is 17.9 Å². The van der Waals surface area contributed by atoms with Crippen LogP contribution in [-0.4, -0.2) is 22.2 Å². The lowest BCUT2D eigenvalue weighted by atomic mass is 9.87. The maximum atomic E-state index is 11.5. The molecule has 4 heteroatoms. The first-order valence-corrected chi connectivity index (χ1v) is 7.33. The molecule has 0 spiro atoms. The van der Waals surface area contributed by atoms with E-state index in [-0.39, 0.29) is 5.56 Å². The van der Waals surface area contributed by atoms with E-state index >= 15 is 0 Å². The second kappa shape index (κ2) is 7.07. The van der Waals surface area contributed by atoms with E-state index in [1.54, 1.807) is 12.1 Å². The zero-order valence-corrected chi connectivity index (χ0v) is 11.9. The number of aryl methyl sites for hydroxylation is 1. The lowest BCUT2D eigenvalue weighted by Crippen LogP contribution is -2.14. The van der Waals surface area contributed by atoms with E-state index in [4.69, 9.17) is 5.11 Å². The largest absolute Gasteiger partial charge is 0.481 e. The van der Waals surface area contributed by atoms with Crippen LogP contribution in [0.5, 0.6) is 0 Å². The van der Waals surface area contributed by atoms with Crippen molar-refractivity contribution in [2.45, 2.75) is 44.4 Å². The quantitative estimate of drug-likeness (QED) is 0.815. The van der Waals surface area contributed by atoms with Crippen molar-refractivity contribution in [2.24, 2.45) is 0 Å². The number of carboxylic acid groups (broad SMARTS) is 2. The predicted molar refractivity (Wildman–Crippen MR) is 79.7 cm³/mol. The molecule has 21 heavy (non-hydrogen) atoms. The van der Waals surface area contributed by atoms with E-state index in [1.165, 1.54) is 6.07 Å². The van der Waals surface area contributed by atoms with Crippen molar-refractivity contribution < 1.29 is 19.8 Å². The summed E-state index contributed by atoms with van der Waals surface area (Å²) in [5, 5.41) is 18.6. The van der Waals surface area contributed by atoms with Crippen LogP contribution in [0.15, 0.2) is 30.4 Å². The number of carboxylic acids is 2. The lowest BCUT2D eigenvalue weighted by Gasteiger charge is -2.17. The van der Waals surface area contributed by atoms with Crippen LogP contribution < -0.4 is 0 Å². The van der Waals surface area contributed by atoms with Gasteiger partial charge in [0.1, 0.15) is 0 Å². The Morgan fingerprint density at radius 2 is 1.81 bits per heavy atom. The Bertz CT molecular complexity index is 560. The number of rotatable bonds is 2. The van der Waals surface area contributed by atoms with E-state index in [0.29, 0.717) is 6.42 Å². The highest BCUT2D eigenvalue weighted by Crippen LogP contribution is 2.28. The fraction of sp³-hybridized carbons (Fsp3) is 0.412. The topological polar surface area (TPSA) is 74.6 Å². The standard InChI is InChI=1S/C17H20O4/c18-16(19)13-9-10-14-12(11-13)7-5-3-1-2-4-6-8-15(14)17(20)21/h2,4,9-11,15H,1,3,5-8H2,(H,18,19)(H,20,21). The first-order chi connectivity index (χ1) is 10.1. The van der Waals surface area contributed by atoms with Crippen LogP contribution in [0.2, 0.25) is 0 Å². The van der Waals surface area contributed by atoms with Crippen LogP contribution in [0.1, 0.15) is 59.5 Å². The Labute approximate surface area is 124 Å². The first kappa shape index (κ1) is 15.3. The van der Waals surface area contributed by atoms with Gasteiger partial charge in [0.25, 0.3) is 0 Å². The van der Waals surface area contributed by atoms with E-state index in [2.05, 4.69) is 6.08 Å². The molecule has 1 aliphatic rings. The predicted octanol–water partition coefficient (Wildman–Crippen LogP) is 3.62. The molecule has 1 aromatic rings. The average Bonchev–Trinajstić information content (AvgIpc) is 2.49. The Morgan fingerprint density at radius 3 is 2.52 bits per heavy atom. The zero-order valence-electron chi connectivity index (χ0n) is 11.9. The van der Waals surface area contributed by atoms with Crippen molar-refractivity contribution in [3.05, 3.63) is 47.0 Å². The van der Waals surface area contributed by atoms with Crippen LogP contribution in [0.4, 0.5) is 0 Å². The number of hydrogen-bond acceptors (Lipinski definition) is 2. The second-order valence-corrected chi connectivity index (χ2v) is 5.40. The number of benzene rings is 1. The zero-order chi connectivity index (χ0) is 15.2. The van der Waals surface area contributed by atoms with Gasteiger partial charge in [0.2, 0.25) is 0 Å². The molecule has 0 saturated carbocycles. The Kier molecular flexibility index (Phi) is 5.14. The maximum absolute atomic E-state index is 11.5. The van der Waals surface area contributed by atoms with E-state index in [1.807, 2.05) is 6.08 Å². The monoisotopic (exact) mass is 288 g/mol. The van der Waals surface area contributed by atoms with Gasteiger partial charge in [-0.1, -0.05) is 18.2 Å². The summed E-state index contributed by atoms with van der Waals surface area (Å²) in [4.78, 5) is 22.7. The number of allylic oxidation sites excluding steroid dienone is 2. The minimum absolute atomic E-state index is 0.228. The molecule has 0 heterocycles. The summed E-state index contributed by atoms with van der Waals surface area (Å²) in [5.41, 5.74) is 1.86. The molecule has 0 aromatic heterocycles. The highest BCUT2D eigenvalue weighted by molar-refractivity contribution is 5.88. The average molecular weight is 288 g/mol. The molecular weight excluding hydrogens is 268 g/mol. The Hall–Kier alpha value is -2.10. The van der Waals surface area contributed by atoms with Gasteiger partial charge in [-0.05, 0) is 61.8 Å². The summed E-state index contributed by atoms with van der Waals surface area (Å²) in [7, 11) is 0. The molecule has 0 aliphatic heterocycles. The van der Waals surface area contributed by atoms with Gasteiger partial charge in [0.05, 0.1) is 11.5 Å². The minimum atomic E-state index is -0.972. The third-order valence-corrected chi connectivity index (χ3v) is 3.92. The van der Waals surface area contributed by atoms with Crippen molar-refractivity contribution in [2.75, 3.05) is 0 Å². The van der Waals surface area contributed by atoms with Crippen molar-refractivity contribution in [3.63, 3.8) is 0 Å². The third-order valence-electron chi connectivity index (χ3n) is 3.92. The molecule has 1 aromatic carbocycles. The summed E-state index contributed by atoms with van der Waals surface area (Å²) in [5.74, 6) is -2.38. The molecule has 0 saturated heterocycles. The summed E-state index contributed by atoms with van der Waals surface area (Å²) < 4.78 is 0. The Balaban J connectivity index is 2.41. The third kappa shape index (κ3) is 3.94. The van der Waals surface area contributed by atoms with Gasteiger partial charge in [-0.15, -0.1) is 0 Å². The molecule has 0 fully saturated rings. The van der Waals surface area contributed by atoms with Crippen LogP contribution in [-0.2, 0) is 11.2 Å². The molecule has 112 valence electrons. The van der Waals surface area contributed by atoms with Crippen LogP contribution in [0.25, 0.3) is 0 Å². The van der Waals surface area contributed by atoms with Crippen molar-refractivity contribution in [3.8, 4) is 0 Å². The van der Waals surface area contributed by atoms with Gasteiger partial charge in [-0.3, -0.25) is 4.79 Å². The molecule has 2 rings (SSSR count). The summed E-state index contributed by atoms with van der Waals surface area (Å²) in [6, 6.07) is 4.82. The summed E-state index contributed by atoms with van der Waals surface area (Å²) in [6.45, 7) is 0. The highest BCUT2D eigenvalue weighted by Gasteiger charge is 2.23. The van der Waals surface area contributed by atoms with Gasteiger partial charge >= 0.3 is 11.9 Å². The summed E-state index contributed by atoms with van der Waals surface area (Å²) >= 11 is 0. The van der Waals surface area contributed by atoms with Gasteiger partial charge < -0.3 is 10.2 Å². The van der Waals surface area contributed by atoms with Crippen LogP contribution >= 0.6 is 0 Å². The van der Waals surface area contributed by atoms with Crippen molar-refractivity contribution in [1.29, 1.82) is 0 Å². The van der Waals surface area contributed by atoms with Crippen molar-refractivity contribution >= 4 is 11.9 Å². The molecule has 0 amide bonds. The molecule has 4 nitrogen and oxygen atoms in total. The smallest absolute Gasteiger partial charge is 0.335 e. The maximum Gasteiger partial charge on any atom is 0.335 e. The highest BCUT2D eigenvalue weighted by atomic mass is 16.4. The van der Waals surface area contributed by atoms with Gasteiger partial charge in [0, 0.05) is 0 Å². The molecule has 1 unspecified atom stereocenters. The number of hydrogen-bond donors (Lipinski definition) is 2. The van der Waals surface area contributed by atoms with Crippen LogP contribution in [0, 0.1) is 0 Å². The molecule has 1 atom stereocenters. The number of aliphatic carboxylic acids is 1. The molecule has 0 bridgehead atoms. The number of aromatic carboxylic acids is 1. The molecule has 0 radical (unpaired) electrons. The van der Waals surface area contributed by atoms with E-state index in [0.717, 1.165) is 43.2 Å². The minimum Gasteiger partial charge on any atom is -0.481 e. The molecule has 2 N–H and O–H groups in total. The Morgan fingerprint density at radius 1 is 1.05 bits per heavy atom. The lowest BCUT2D eigenvalue weighted by molar-refractivity contribution is -0.139. The van der Waals surface area contributed by atoms with Crippen LogP contribution in [0.3, 0.4) is 0 Å². The second-order valence-electron chi connectivity index (χ2n) is 5.40. The van der Waals surface area contributed by atoms with Gasteiger partial charge in [0.15, 0.2) is 0 Å². The van der Waals surface area contributed by atoms with Gasteiger partial charge in [-0.2, -0.15) is 0 Å². The summed E-state index contributed by atoms with van der Waals surface area (Å²) in [6.07, 6.45) is 9.13. The number of fused-ring (bicyclic) bond motifs is 1. The molecular formula is C17H20O4. The first-order valence-electron chi connectivity index (χ1n) is 7.33. The number of carbonyl (C=O) groups is 2. The fourth-order valence-electron chi connectivity index (χ4n) is 2.78. The van der Waals surface area contributed by atoms with E-state index in [9.17, 15) is 14.7 Å².